The summed E-state index contributed by atoms with van der Waals surface area (Å²) in [6, 6.07) is 0. The summed E-state index contributed by atoms with van der Waals surface area (Å²) in [6.45, 7) is 3.75. The minimum atomic E-state index is -0.470. The minimum Gasteiger partial charge on any atom is -0.393 e. The SMILES string of the molecule is CC(O)CC=O.CCCCCCC=O. The lowest BCUT2D eigenvalue weighted by Crippen LogP contribution is -1.97. The third-order valence-corrected chi connectivity index (χ3v) is 1.61. The van der Waals surface area contributed by atoms with Gasteiger partial charge in [-0.1, -0.05) is 26.2 Å². The van der Waals surface area contributed by atoms with Gasteiger partial charge in [0.25, 0.3) is 0 Å². The fourth-order valence-corrected chi connectivity index (χ4v) is 0.794. The largest absolute Gasteiger partial charge is 0.393 e. The Morgan fingerprint density at radius 3 is 2.07 bits per heavy atom. The van der Waals surface area contributed by atoms with Crippen LogP contribution in [-0.2, 0) is 9.59 Å². The molecule has 0 aromatic rings. The highest BCUT2D eigenvalue weighted by Gasteiger charge is 1.87. The Morgan fingerprint density at radius 1 is 1.14 bits per heavy atom. The first-order chi connectivity index (χ1) is 6.68. The number of carbonyl (C=O) groups is 2. The van der Waals surface area contributed by atoms with Crippen LogP contribution in [-0.4, -0.2) is 23.8 Å². The number of unbranched alkanes of at least 4 members (excludes halogenated alkanes) is 4. The van der Waals surface area contributed by atoms with Crippen LogP contribution in [0.4, 0.5) is 0 Å². The van der Waals surface area contributed by atoms with Gasteiger partial charge in [-0.25, -0.2) is 0 Å². The van der Waals surface area contributed by atoms with Crippen molar-refractivity contribution in [3.05, 3.63) is 0 Å². The normalized spacial score (nSPS) is 11.1. The van der Waals surface area contributed by atoms with Gasteiger partial charge in [0, 0.05) is 12.8 Å². The molecule has 0 amide bonds. The van der Waals surface area contributed by atoms with E-state index in [4.69, 9.17) is 5.11 Å². The van der Waals surface area contributed by atoms with Gasteiger partial charge in [-0.2, -0.15) is 0 Å². The number of rotatable bonds is 7. The van der Waals surface area contributed by atoms with Gasteiger partial charge in [0.05, 0.1) is 6.10 Å². The molecule has 1 unspecified atom stereocenters. The summed E-state index contributed by atoms with van der Waals surface area (Å²) in [5.41, 5.74) is 0. The second-order valence-corrected chi connectivity index (χ2v) is 3.27. The highest BCUT2D eigenvalue weighted by molar-refractivity contribution is 5.49. The molecule has 0 rings (SSSR count). The van der Waals surface area contributed by atoms with Crippen LogP contribution in [0.25, 0.3) is 0 Å². The number of aliphatic hydroxyl groups excluding tert-OH is 1. The van der Waals surface area contributed by atoms with E-state index in [2.05, 4.69) is 6.92 Å². The molecule has 0 saturated heterocycles. The maximum atomic E-state index is 9.77. The molecule has 3 nitrogen and oxygen atoms in total. The summed E-state index contributed by atoms with van der Waals surface area (Å²) in [6.07, 6.45) is 7.04. The Labute approximate surface area is 86.5 Å². The lowest BCUT2D eigenvalue weighted by molar-refractivity contribution is -0.109. The average molecular weight is 202 g/mol. The van der Waals surface area contributed by atoms with Gasteiger partial charge in [-0.3, -0.25) is 0 Å². The molecule has 3 heteroatoms. The number of aliphatic hydroxyl groups is 1. The summed E-state index contributed by atoms with van der Waals surface area (Å²) < 4.78 is 0. The van der Waals surface area contributed by atoms with Crippen molar-refractivity contribution in [3.8, 4) is 0 Å². The summed E-state index contributed by atoms with van der Waals surface area (Å²) in [7, 11) is 0. The van der Waals surface area contributed by atoms with Gasteiger partial charge >= 0.3 is 0 Å². The molecule has 0 aliphatic rings. The van der Waals surface area contributed by atoms with Crippen molar-refractivity contribution in [1.82, 2.24) is 0 Å². The average Bonchev–Trinajstić information content (AvgIpc) is 2.13. The van der Waals surface area contributed by atoms with Crippen LogP contribution < -0.4 is 0 Å². The molecular formula is C11H22O3. The first kappa shape index (κ1) is 15.8. The molecule has 0 spiro atoms. The zero-order chi connectivity index (χ0) is 11.2. The third-order valence-electron chi connectivity index (χ3n) is 1.61. The predicted molar refractivity (Wildman–Crippen MR) is 57.2 cm³/mol. The zero-order valence-electron chi connectivity index (χ0n) is 9.24. The fraction of sp³-hybridized carbons (Fsp3) is 0.818. The summed E-state index contributed by atoms with van der Waals surface area (Å²) in [4.78, 5) is 19.2. The standard InChI is InChI=1S/C7H14O.C4H8O2/c1-2-3-4-5-6-7-8;1-4(6)2-3-5/h7H,2-6H2,1H3;3-4,6H,2H2,1H3. The van der Waals surface area contributed by atoms with Crippen molar-refractivity contribution in [2.24, 2.45) is 0 Å². The van der Waals surface area contributed by atoms with Gasteiger partial charge in [0.2, 0.25) is 0 Å². The molecular weight excluding hydrogens is 180 g/mol. The van der Waals surface area contributed by atoms with Gasteiger partial charge in [-0.15, -0.1) is 0 Å². The van der Waals surface area contributed by atoms with Crippen LogP contribution in [0.15, 0.2) is 0 Å². The summed E-state index contributed by atoms with van der Waals surface area (Å²) in [5, 5.41) is 8.32. The number of hydrogen-bond acceptors (Lipinski definition) is 3. The zero-order valence-corrected chi connectivity index (χ0v) is 9.24. The second kappa shape index (κ2) is 14.8. The molecule has 0 fully saturated rings. The maximum absolute atomic E-state index is 9.77. The first-order valence-corrected chi connectivity index (χ1v) is 5.24. The van der Waals surface area contributed by atoms with E-state index in [-0.39, 0.29) is 6.42 Å². The van der Waals surface area contributed by atoms with Crippen LogP contribution in [0.2, 0.25) is 0 Å². The highest BCUT2D eigenvalue weighted by atomic mass is 16.3. The van der Waals surface area contributed by atoms with Gasteiger partial charge in [-0.05, 0) is 13.3 Å². The first-order valence-electron chi connectivity index (χ1n) is 5.24. The highest BCUT2D eigenvalue weighted by Crippen LogP contribution is 1.99. The van der Waals surface area contributed by atoms with Crippen molar-refractivity contribution in [2.45, 2.75) is 58.5 Å². The Bertz CT molecular complexity index is 122. The van der Waals surface area contributed by atoms with Crippen molar-refractivity contribution >= 4 is 12.6 Å². The number of hydrogen-bond donors (Lipinski definition) is 1. The topological polar surface area (TPSA) is 54.4 Å². The molecule has 0 bridgehead atoms. The summed E-state index contributed by atoms with van der Waals surface area (Å²) >= 11 is 0. The molecule has 0 saturated carbocycles. The van der Waals surface area contributed by atoms with E-state index in [9.17, 15) is 9.59 Å². The minimum absolute atomic E-state index is 0.250. The second-order valence-electron chi connectivity index (χ2n) is 3.27. The van der Waals surface area contributed by atoms with E-state index in [1.54, 1.807) is 6.92 Å². The number of carbonyl (C=O) groups excluding carboxylic acids is 2. The van der Waals surface area contributed by atoms with E-state index in [1.807, 2.05) is 0 Å². The molecule has 0 radical (unpaired) electrons. The van der Waals surface area contributed by atoms with Crippen LogP contribution in [0, 0.1) is 0 Å². The third kappa shape index (κ3) is 22.5. The van der Waals surface area contributed by atoms with E-state index in [1.165, 1.54) is 19.3 Å². The lowest BCUT2D eigenvalue weighted by Gasteiger charge is -1.90. The Balaban J connectivity index is 0. The predicted octanol–water partition coefficient (Wildman–Crippen LogP) is 2.11. The Hall–Kier alpha value is -0.700. The van der Waals surface area contributed by atoms with E-state index >= 15 is 0 Å². The van der Waals surface area contributed by atoms with Crippen molar-refractivity contribution < 1.29 is 14.7 Å². The molecule has 0 aromatic carbocycles. The molecule has 1 N–H and O–H groups in total. The molecule has 84 valence electrons. The van der Waals surface area contributed by atoms with Crippen LogP contribution in [0.3, 0.4) is 0 Å². The van der Waals surface area contributed by atoms with Crippen molar-refractivity contribution in [2.75, 3.05) is 0 Å². The van der Waals surface area contributed by atoms with Crippen LogP contribution >= 0.6 is 0 Å². The van der Waals surface area contributed by atoms with Crippen LogP contribution in [0.1, 0.15) is 52.4 Å². The molecule has 0 aromatic heterocycles. The maximum Gasteiger partial charge on any atom is 0.122 e. The van der Waals surface area contributed by atoms with Gasteiger partial charge in [0.15, 0.2) is 0 Å². The van der Waals surface area contributed by atoms with E-state index < -0.39 is 6.10 Å². The number of aldehydes is 2. The Kier molecular flexibility index (Phi) is 16.7. The molecule has 1 atom stereocenters. The van der Waals surface area contributed by atoms with Gasteiger partial charge in [0.1, 0.15) is 12.6 Å². The van der Waals surface area contributed by atoms with Crippen molar-refractivity contribution in [1.29, 1.82) is 0 Å². The summed E-state index contributed by atoms with van der Waals surface area (Å²) in [5.74, 6) is 0. The lowest BCUT2D eigenvalue weighted by atomic mass is 10.2. The smallest absolute Gasteiger partial charge is 0.122 e. The molecule has 0 heterocycles. The molecule has 0 aliphatic heterocycles. The molecule has 0 aliphatic carbocycles. The van der Waals surface area contributed by atoms with Gasteiger partial charge < -0.3 is 14.7 Å². The monoisotopic (exact) mass is 202 g/mol. The molecule has 14 heavy (non-hydrogen) atoms. The van der Waals surface area contributed by atoms with Crippen molar-refractivity contribution in [3.63, 3.8) is 0 Å². The van der Waals surface area contributed by atoms with E-state index in [0.29, 0.717) is 6.29 Å². The van der Waals surface area contributed by atoms with E-state index in [0.717, 1.165) is 19.1 Å². The Morgan fingerprint density at radius 2 is 1.79 bits per heavy atom. The quantitative estimate of drug-likeness (QED) is 0.508. The van der Waals surface area contributed by atoms with Crippen LogP contribution in [0.5, 0.6) is 0 Å². The fourth-order valence-electron chi connectivity index (χ4n) is 0.794.